The van der Waals surface area contributed by atoms with Crippen molar-refractivity contribution in [3.05, 3.63) is 22.7 Å². The number of halogens is 1. The molecule has 5 heteroatoms. The van der Waals surface area contributed by atoms with Crippen molar-refractivity contribution in [2.75, 3.05) is 13.2 Å². The first kappa shape index (κ1) is 15.0. The normalized spacial score (nSPS) is 15.1. The predicted octanol–water partition coefficient (Wildman–Crippen LogP) is 2.81. The Balaban J connectivity index is 2.06. The van der Waals surface area contributed by atoms with Gasteiger partial charge in [-0.15, -0.1) is 0 Å². The molecule has 1 amide bonds. The fraction of sp³-hybridized carbons (Fsp3) is 0.533. The SMILES string of the molecule is CC(C)[C@@H](C)NC(=O)Cc1cc(Cl)c2c(c1)OCCO2. The van der Waals surface area contributed by atoms with Crippen LogP contribution in [0.25, 0.3) is 0 Å². The Labute approximate surface area is 124 Å². The Kier molecular flexibility index (Phi) is 4.76. The zero-order chi connectivity index (χ0) is 14.7. The second kappa shape index (κ2) is 6.35. The highest BCUT2D eigenvalue weighted by atomic mass is 35.5. The van der Waals surface area contributed by atoms with Crippen molar-refractivity contribution < 1.29 is 14.3 Å². The summed E-state index contributed by atoms with van der Waals surface area (Å²) in [4.78, 5) is 12.0. The fourth-order valence-electron chi connectivity index (χ4n) is 1.92. The summed E-state index contributed by atoms with van der Waals surface area (Å²) in [7, 11) is 0. The summed E-state index contributed by atoms with van der Waals surface area (Å²) in [6.45, 7) is 7.15. The minimum Gasteiger partial charge on any atom is -0.486 e. The summed E-state index contributed by atoms with van der Waals surface area (Å²) in [6, 6.07) is 3.73. The molecule has 0 radical (unpaired) electrons. The van der Waals surface area contributed by atoms with E-state index in [1.165, 1.54) is 0 Å². The molecule has 0 aromatic heterocycles. The number of nitrogens with one attached hydrogen (secondary N) is 1. The highest BCUT2D eigenvalue weighted by molar-refractivity contribution is 6.32. The van der Waals surface area contributed by atoms with Gasteiger partial charge in [0.1, 0.15) is 13.2 Å². The van der Waals surface area contributed by atoms with Gasteiger partial charge in [0, 0.05) is 6.04 Å². The monoisotopic (exact) mass is 297 g/mol. The van der Waals surface area contributed by atoms with E-state index in [-0.39, 0.29) is 18.4 Å². The molecule has 0 saturated carbocycles. The van der Waals surface area contributed by atoms with E-state index in [1.54, 1.807) is 6.07 Å². The second-order valence-corrected chi connectivity index (χ2v) is 5.79. The highest BCUT2D eigenvalue weighted by Crippen LogP contribution is 2.38. The van der Waals surface area contributed by atoms with E-state index in [1.807, 2.05) is 13.0 Å². The van der Waals surface area contributed by atoms with Crippen LogP contribution >= 0.6 is 11.6 Å². The molecule has 0 fully saturated rings. The molecule has 1 aromatic carbocycles. The van der Waals surface area contributed by atoms with Crippen molar-refractivity contribution >= 4 is 17.5 Å². The van der Waals surface area contributed by atoms with Crippen LogP contribution in [0.1, 0.15) is 26.3 Å². The van der Waals surface area contributed by atoms with Gasteiger partial charge < -0.3 is 14.8 Å². The number of carbonyl (C=O) groups is 1. The molecule has 2 rings (SSSR count). The molecule has 20 heavy (non-hydrogen) atoms. The van der Waals surface area contributed by atoms with Gasteiger partial charge in [-0.1, -0.05) is 25.4 Å². The molecule has 0 saturated heterocycles. The molecule has 1 aliphatic rings. The molecule has 0 unspecified atom stereocenters. The zero-order valence-corrected chi connectivity index (χ0v) is 12.8. The lowest BCUT2D eigenvalue weighted by Gasteiger charge is -2.21. The first-order valence-electron chi connectivity index (χ1n) is 6.84. The molecule has 1 aromatic rings. The molecular weight excluding hydrogens is 278 g/mol. The zero-order valence-electron chi connectivity index (χ0n) is 12.0. The average Bonchev–Trinajstić information content (AvgIpc) is 2.38. The van der Waals surface area contributed by atoms with Crippen LogP contribution in [-0.4, -0.2) is 25.2 Å². The summed E-state index contributed by atoms with van der Waals surface area (Å²) in [6.07, 6.45) is 0.285. The number of carbonyl (C=O) groups excluding carboxylic acids is 1. The Morgan fingerprint density at radius 1 is 1.30 bits per heavy atom. The van der Waals surface area contributed by atoms with Gasteiger partial charge in [-0.05, 0) is 30.5 Å². The third-order valence-electron chi connectivity index (χ3n) is 3.41. The van der Waals surface area contributed by atoms with Gasteiger partial charge in [0.25, 0.3) is 0 Å². The molecule has 1 atom stereocenters. The third-order valence-corrected chi connectivity index (χ3v) is 3.69. The number of hydrogen-bond acceptors (Lipinski definition) is 3. The number of rotatable bonds is 4. The number of benzene rings is 1. The van der Waals surface area contributed by atoms with Crippen molar-refractivity contribution in [3.63, 3.8) is 0 Å². The number of ether oxygens (including phenoxy) is 2. The molecule has 4 nitrogen and oxygen atoms in total. The third kappa shape index (κ3) is 3.57. The first-order chi connectivity index (χ1) is 9.47. The van der Waals surface area contributed by atoms with E-state index >= 15 is 0 Å². The molecule has 110 valence electrons. The van der Waals surface area contributed by atoms with E-state index in [2.05, 4.69) is 19.2 Å². The van der Waals surface area contributed by atoms with Crippen molar-refractivity contribution in [2.45, 2.75) is 33.2 Å². The van der Waals surface area contributed by atoms with Crippen LogP contribution in [0, 0.1) is 5.92 Å². The van der Waals surface area contributed by atoms with Crippen LogP contribution in [0.15, 0.2) is 12.1 Å². The van der Waals surface area contributed by atoms with E-state index < -0.39 is 0 Å². The molecule has 1 aliphatic heterocycles. The summed E-state index contributed by atoms with van der Waals surface area (Å²) >= 11 is 6.15. The van der Waals surface area contributed by atoms with Crippen molar-refractivity contribution in [1.82, 2.24) is 5.32 Å². The van der Waals surface area contributed by atoms with E-state index in [0.29, 0.717) is 35.7 Å². The summed E-state index contributed by atoms with van der Waals surface area (Å²) in [5.41, 5.74) is 0.827. The molecule has 1 heterocycles. The van der Waals surface area contributed by atoms with Crippen LogP contribution in [0.4, 0.5) is 0 Å². The summed E-state index contributed by atoms with van der Waals surface area (Å²) in [5.74, 6) is 1.57. The Bertz CT molecular complexity index is 502. The first-order valence-corrected chi connectivity index (χ1v) is 7.22. The minimum atomic E-state index is -0.0149. The molecule has 0 bridgehead atoms. The van der Waals surface area contributed by atoms with Crippen LogP contribution in [-0.2, 0) is 11.2 Å². The van der Waals surface area contributed by atoms with Gasteiger partial charge in [-0.3, -0.25) is 4.79 Å². The largest absolute Gasteiger partial charge is 0.486 e. The van der Waals surface area contributed by atoms with Gasteiger partial charge >= 0.3 is 0 Å². The topological polar surface area (TPSA) is 47.6 Å². The summed E-state index contributed by atoms with van der Waals surface area (Å²) < 4.78 is 11.0. The lowest BCUT2D eigenvalue weighted by atomic mass is 10.1. The standard InChI is InChI=1S/C15H20ClNO3/c1-9(2)10(3)17-14(18)8-11-6-12(16)15-13(7-11)19-4-5-20-15/h6-7,9-10H,4-5,8H2,1-3H3,(H,17,18)/t10-/m1/s1. The highest BCUT2D eigenvalue weighted by Gasteiger charge is 2.18. The minimum absolute atomic E-state index is 0.0149. The maximum atomic E-state index is 12.0. The average molecular weight is 298 g/mol. The molecule has 1 N–H and O–H groups in total. The molecular formula is C15H20ClNO3. The van der Waals surface area contributed by atoms with Gasteiger partial charge in [-0.25, -0.2) is 0 Å². The number of fused-ring (bicyclic) bond motifs is 1. The Morgan fingerprint density at radius 2 is 2.00 bits per heavy atom. The van der Waals surface area contributed by atoms with Crippen molar-refractivity contribution in [2.24, 2.45) is 5.92 Å². The van der Waals surface area contributed by atoms with Gasteiger partial charge in [0.15, 0.2) is 11.5 Å². The lowest BCUT2D eigenvalue weighted by Crippen LogP contribution is -2.37. The maximum Gasteiger partial charge on any atom is 0.224 e. The molecule has 0 spiro atoms. The maximum absolute atomic E-state index is 12.0. The second-order valence-electron chi connectivity index (χ2n) is 5.38. The van der Waals surface area contributed by atoms with E-state index in [0.717, 1.165) is 5.56 Å². The Morgan fingerprint density at radius 3 is 2.70 bits per heavy atom. The molecule has 0 aliphatic carbocycles. The van der Waals surface area contributed by atoms with E-state index in [4.69, 9.17) is 21.1 Å². The van der Waals surface area contributed by atoms with Crippen molar-refractivity contribution in [1.29, 1.82) is 0 Å². The lowest BCUT2D eigenvalue weighted by molar-refractivity contribution is -0.121. The van der Waals surface area contributed by atoms with Gasteiger partial charge in [0.2, 0.25) is 5.91 Å². The summed E-state index contributed by atoms with van der Waals surface area (Å²) in [5, 5.41) is 3.46. The predicted molar refractivity (Wildman–Crippen MR) is 78.6 cm³/mol. The quantitative estimate of drug-likeness (QED) is 0.929. The van der Waals surface area contributed by atoms with E-state index in [9.17, 15) is 4.79 Å². The number of amides is 1. The Hall–Kier alpha value is -1.42. The van der Waals surface area contributed by atoms with Crippen LogP contribution in [0.2, 0.25) is 5.02 Å². The number of hydrogen-bond donors (Lipinski definition) is 1. The van der Waals surface area contributed by atoms with Crippen LogP contribution < -0.4 is 14.8 Å². The smallest absolute Gasteiger partial charge is 0.224 e. The fourth-order valence-corrected chi connectivity index (χ4v) is 2.21. The van der Waals surface area contributed by atoms with Gasteiger partial charge in [0.05, 0.1) is 11.4 Å². The van der Waals surface area contributed by atoms with Gasteiger partial charge in [-0.2, -0.15) is 0 Å². The van der Waals surface area contributed by atoms with Crippen LogP contribution in [0.5, 0.6) is 11.5 Å². The van der Waals surface area contributed by atoms with Crippen LogP contribution in [0.3, 0.4) is 0 Å². The van der Waals surface area contributed by atoms with Crippen molar-refractivity contribution in [3.8, 4) is 11.5 Å².